The van der Waals surface area contributed by atoms with E-state index in [2.05, 4.69) is 15.0 Å². The van der Waals surface area contributed by atoms with Gasteiger partial charge in [-0.3, -0.25) is 15.0 Å². The molecule has 1 rings (SSSR count). The molecule has 0 aromatic carbocycles. The van der Waals surface area contributed by atoms with Gasteiger partial charge in [-0.15, -0.1) is 0 Å². The summed E-state index contributed by atoms with van der Waals surface area (Å²) in [6.07, 6.45) is 7.08. The first-order valence-corrected chi connectivity index (χ1v) is 5.47. The van der Waals surface area contributed by atoms with Crippen molar-refractivity contribution < 1.29 is 0 Å². The molecule has 0 radical (unpaired) electrons. The Morgan fingerprint density at radius 3 is 2.79 bits per heavy atom. The van der Waals surface area contributed by atoms with E-state index in [1.54, 1.807) is 30.4 Å². The van der Waals surface area contributed by atoms with E-state index in [0.29, 0.717) is 6.54 Å². The first-order valence-electron chi connectivity index (χ1n) is 4.24. The maximum absolute atomic E-state index is 4.42. The Hall–Kier alpha value is -1.10. The van der Waals surface area contributed by atoms with Crippen LogP contribution in [0.1, 0.15) is 5.69 Å². The van der Waals surface area contributed by atoms with Crippen LogP contribution in [0.2, 0.25) is 0 Å². The number of nitrogens with zero attached hydrogens (tertiary/aromatic N) is 4. The molecule has 0 spiro atoms. The number of rotatable bonds is 2. The van der Waals surface area contributed by atoms with Gasteiger partial charge in [0.2, 0.25) is 0 Å². The summed E-state index contributed by atoms with van der Waals surface area (Å²) >= 11 is 1.62. The molecule has 0 aliphatic carbocycles. The Morgan fingerprint density at radius 2 is 2.29 bits per heavy atom. The van der Waals surface area contributed by atoms with E-state index in [1.807, 2.05) is 25.3 Å². The van der Waals surface area contributed by atoms with E-state index in [0.717, 1.165) is 10.9 Å². The molecule has 0 aliphatic heterocycles. The first kappa shape index (κ1) is 11.0. The van der Waals surface area contributed by atoms with E-state index in [-0.39, 0.29) is 0 Å². The molecule has 0 amide bonds. The largest absolute Gasteiger partial charge is 0.358 e. The summed E-state index contributed by atoms with van der Waals surface area (Å²) in [4.78, 5) is 14.5. The standard InChI is InChI=1S/C9H14N4S/c1-13(2)9(14-3)12-7-8-6-10-4-5-11-8/h4-6H,7H2,1-3H3. The highest BCUT2D eigenvalue weighted by Crippen LogP contribution is 2.03. The molecule has 0 saturated carbocycles. The molecule has 0 aliphatic rings. The molecule has 0 unspecified atom stereocenters. The van der Waals surface area contributed by atoms with Crippen LogP contribution in [0.4, 0.5) is 0 Å². The number of aromatic nitrogens is 2. The zero-order chi connectivity index (χ0) is 10.4. The highest BCUT2D eigenvalue weighted by Gasteiger charge is 1.99. The van der Waals surface area contributed by atoms with Crippen molar-refractivity contribution in [2.45, 2.75) is 6.54 Å². The van der Waals surface area contributed by atoms with Gasteiger partial charge in [-0.25, -0.2) is 0 Å². The molecular weight excluding hydrogens is 196 g/mol. The SMILES string of the molecule is CSC(=NCc1cnccn1)N(C)C. The van der Waals surface area contributed by atoms with Crippen LogP contribution in [0.3, 0.4) is 0 Å². The van der Waals surface area contributed by atoms with Gasteiger partial charge < -0.3 is 4.90 Å². The third-order valence-corrected chi connectivity index (χ3v) is 2.42. The molecule has 0 atom stereocenters. The molecular formula is C9H14N4S. The fourth-order valence-corrected chi connectivity index (χ4v) is 1.51. The fraction of sp³-hybridized carbons (Fsp3) is 0.444. The zero-order valence-electron chi connectivity index (χ0n) is 8.64. The molecule has 76 valence electrons. The minimum Gasteiger partial charge on any atom is -0.358 e. The number of amidine groups is 1. The van der Waals surface area contributed by atoms with E-state index in [9.17, 15) is 0 Å². The number of aliphatic imine (C=N–C) groups is 1. The highest BCUT2D eigenvalue weighted by atomic mass is 32.2. The Kier molecular flexibility index (Phi) is 4.39. The number of hydrogen-bond donors (Lipinski definition) is 0. The Balaban J connectivity index is 2.62. The maximum Gasteiger partial charge on any atom is 0.158 e. The lowest BCUT2D eigenvalue weighted by Gasteiger charge is -2.12. The Bertz CT molecular complexity index is 297. The van der Waals surface area contributed by atoms with Crippen LogP contribution in [-0.2, 0) is 6.54 Å². The van der Waals surface area contributed by atoms with Crippen molar-refractivity contribution in [3.05, 3.63) is 24.3 Å². The van der Waals surface area contributed by atoms with E-state index in [1.165, 1.54) is 0 Å². The van der Waals surface area contributed by atoms with Gasteiger partial charge in [0.1, 0.15) is 0 Å². The van der Waals surface area contributed by atoms with Crippen LogP contribution >= 0.6 is 11.8 Å². The third kappa shape index (κ3) is 3.33. The van der Waals surface area contributed by atoms with Gasteiger partial charge in [0.05, 0.1) is 18.4 Å². The van der Waals surface area contributed by atoms with Crippen molar-refractivity contribution in [2.24, 2.45) is 4.99 Å². The highest BCUT2D eigenvalue weighted by molar-refractivity contribution is 8.13. The van der Waals surface area contributed by atoms with Crippen LogP contribution in [0.5, 0.6) is 0 Å². The summed E-state index contributed by atoms with van der Waals surface area (Å²) in [7, 11) is 3.96. The number of thioether (sulfide) groups is 1. The fourth-order valence-electron chi connectivity index (χ4n) is 0.949. The van der Waals surface area contributed by atoms with E-state index >= 15 is 0 Å². The van der Waals surface area contributed by atoms with Gasteiger partial charge >= 0.3 is 0 Å². The van der Waals surface area contributed by atoms with Crippen LogP contribution in [0.25, 0.3) is 0 Å². The van der Waals surface area contributed by atoms with E-state index < -0.39 is 0 Å². The average Bonchev–Trinajstić information content (AvgIpc) is 2.20. The van der Waals surface area contributed by atoms with Crippen molar-refractivity contribution in [1.29, 1.82) is 0 Å². The molecule has 14 heavy (non-hydrogen) atoms. The topological polar surface area (TPSA) is 41.4 Å². The predicted octanol–water partition coefficient (Wildman–Crippen LogP) is 1.26. The minimum absolute atomic E-state index is 0.586. The molecule has 1 aromatic rings. The summed E-state index contributed by atoms with van der Waals surface area (Å²) in [6.45, 7) is 0.586. The van der Waals surface area contributed by atoms with Crippen molar-refractivity contribution in [1.82, 2.24) is 14.9 Å². The van der Waals surface area contributed by atoms with Gasteiger partial charge in [-0.1, -0.05) is 11.8 Å². The van der Waals surface area contributed by atoms with Gasteiger partial charge in [0.25, 0.3) is 0 Å². The van der Waals surface area contributed by atoms with Crippen molar-refractivity contribution in [2.75, 3.05) is 20.4 Å². The van der Waals surface area contributed by atoms with E-state index in [4.69, 9.17) is 0 Å². The van der Waals surface area contributed by atoms with Crippen molar-refractivity contribution in [3.63, 3.8) is 0 Å². The zero-order valence-corrected chi connectivity index (χ0v) is 9.45. The molecule has 4 nitrogen and oxygen atoms in total. The molecule has 0 saturated heterocycles. The van der Waals surface area contributed by atoms with Gasteiger partial charge in [0, 0.05) is 26.5 Å². The van der Waals surface area contributed by atoms with Gasteiger partial charge in [-0.2, -0.15) is 0 Å². The van der Waals surface area contributed by atoms with Crippen LogP contribution in [0.15, 0.2) is 23.6 Å². The minimum atomic E-state index is 0.586. The van der Waals surface area contributed by atoms with Crippen LogP contribution in [0, 0.1) is 0 Å². The molecule has 0 N–H and O–H groups in total. The Morgan fingerprint density at radius 1 is 1.50 bits per heavy atom. The average molecular weight is 210 g/mol. The molecule has 0 bridgehead atoms. The summed E-state index contributed by atoms with van der Waals surface area (Å²) in [6, 6.07) is 0. The van der Waals surface area contributed by atoms with Crippen molar-refractivity contribution >= 4 is 16.9 Å². The lowest BCUT2D eigenvalue weighted by atomic mass is 10.4. The van der Waals surface area contributed by atoms with Gasteiger partial charge in [0.15, 0.2) is 5.17 Å². The molecule has 1 heterocycles. The monoisotopic (exact) mass is 210 g/mol. The number of hydrogen-bond acceptors (Lipinski definition) is 4. The second kappa shape index (κ2) is 5.59. The second-order valence-corrected chi connectivity index (χ2v) is 3.67. The van der Waals surface area contributed by atoms with Crippen LogP contribution < -0.4 is 0 Å². The smallest absolute Gasteiger partial charge is 0.158 e. The summed E-state index contributed by atoms with van der Waals surface area (Å²) in [5.41, 5.74) is 0.890. The van der Waals surface area contributed by atoms with Gasteiger partial charge in [-0.05, 0) is 6.26 Å². The molecule has 1 aromatic heterocycles. The predicted molar refractivity (Wildman–Crippen MR) is 60.4 cm³/mol. The molecule has 0 fully saturated rings. The lowest BCUT2D eigenvalue weighted by Crippen LogP contribution is -2.18. The van der Waals surface area contributed by atoms with Crippen molar-refractivity contribution in [3.8, 4) is 0 Å². The summed E-state index contributed by atoms with van der Waals surface area (Å²) < 4.78 is 0. The Labute approximate surface area is 88.5 Å². The summed E-state index contributed by atoms with van der Waals surface area (Å²) in [5, 5.41) is 0.996. The quantitative estimate of drug-likeness (QED) is 0.544. The third-order valence-electron chi connectivity index (χ3n) is 1.56. The maximum atomic E-state index is 4.42. The lowest BCUT2D eigenvalue weighted by molar-refractivity contribution is 0.631. The second-order valence-electron chi connectivity index (χ2n) is 2.89. The van der Waals surface area contributed by atoms with Crippen LogP contribution in [-0.4, -0.2) is 40.4 Å². The summed E-state index contributed by atoms with van der Waals surface area (Å²) in [5.74, 6) is 0. The normalized spacial score (nSPS) is 11.5. The first-order chi connectivity index (χ1) is 6.74. The molecule has 5 heteroatoms.